The largest absolute Gasteiger partial charge is 0.497 e. The van der Waals surface area contributed by atoms with Crippen LogP contribution in [0.3, 0.4) is 0 Å². The molecule has 0 spiro atoms. The van der Waals surface area contributed by atoms with Crippen molar-refractivity contribution in [2.24, 2.45) is 0 Å². The van der Waals surface area contributed by atoms with Gasteiger partial charge in [0.25, 0.3) is 0 Å². The smallest absolute Gasteiger partial charge is 0.246 e. The summed E-state index contributed by atoms with van der Waals surface area (Å²) in [5.74, 6) is 0.738. The molecule has 0 aromatic heterocycles. The molecule has 15 heavy (non-hydrogen) atoms. The van der Waals surface area contributed by atoms with Crippen molar-refractivity contribution in [1.29, 1.82) is 0 Å². The lowest BCUT2D eigenvalue weighted by atomic mass is 10.1. The maximum Gasteiger partial charge on any atom is 0.246 e. The maximum atomic E-state index is 10.9. The van der Waals surface area contributed by atoms with Crippen LogP contribution in [0.15, 0.2) is 24.3 Å². The van der Waals surface area contributed by atoms with Crippen LogP contribution >= 0.6 is 0 Å². The number of benzene rings is 1. The number of carbonyl (C=O) groups is 1. The molecule has 0 aliphatic carbocycles. The van der Waals surface area contributed by atoms with E-state index in [9.17, 15) is 4.79 Å². The Labute approximate surface area is 88.2 Å². The third kappa shape index (κ3) is 2.27. The molecule has 1 heterocycles. The van der Waals surface area contributed by atoms with E-state index in [4.69, 9.17) is 9.47 Å². The highest BCUT2D eigenvalue weighted by Gasteiger charge is 2.20. The van der Waals surface area contributed by atoms with Crippen LogP contribution in [-0.4, -0.2) is 26.2 Å². The van der Waals surface area contributed by atoms with Gasteiger partial charge in [0, 0.05) is 6.54 Å². The first-order chi connectivity index (χ1) is 7.29. The summed E-state index contributed by atoms with van der Waals surface area (Å²) in [4.78, 5) is 10.9. The Balaban J connectivity index is 2.11. The van der Waals surface area contributed by atoms with Gasteiger partial charge in [0.2, 0.25) is 5.91 Å². The number of nitrogens with one attached hydrogen (secondary N) is 1. The summed E-state index contributed by atoms with van der Waals surface area (Å²) in [6.45, 7) is 0.647. The quantitative estimate of drug-likeness (QED) is 0.783. The minimum Gasteiger partial charge on any atom is -0.497 e. The normalized spacial score (nSPS) is 20.9. The molecular formula is C11H13NO3. The summed E-state index contributed by atoms with van der Waals surface area (Å²) in [5.41, 5.74) is 1.02. The molecule has 0 saturated carbocycles. The van der Waals surface area contributed by atoms with Crippen molar-refractivity contribution >= 4 is 5.91 Å². The predicted octanol–water partition coefficient (Wildman–Crippen LogP) is 0.883. The zero-order valence-electron chi connectivity index (χ0n) is 8.53. The van der Waals surface area contributed by atoms with Crippen molar-refractivity contribution in [3.8, 4) is 5.75 Å². The predicted molar refractivity (Wildman–Crippen MR) is 54.7 cm³/mol. The molecule has 0 bridgehead atoms. The molecule has 1 aromatic carbocycles. The van der Waals surface area contributed by atoms with Crippen LogP contribution < -0.4 is 10.1 Å². The second-order valence-corrected chi connectivity index (χ2v) is 3.38. The fraction of sp³-hybridized carbons (Fsp3) is 0.364. The van der Waals surface area contributed by atoms with E-state index in [0.29, 0.717) is 6.54 Å². The number of methoxy groups -OCH3 is 1. The first-order valence-electron chi connectivity index (χ1n) is 4.82. The summed E-state index contributed by atoms with van der Waals surface area (Å²) < 4.78 is 10.5. The first-order valence-corrected chi connectivity index (χ1v) is 4.82. The van der Waals surface area contributed by atoms with Crippen molar-refractivity contribution in [3.05, 3.63) is 29.8 Å². The Hall–Kier alpha value is -1.55. The van der Waals surface area contributed by atoms with E-state index in [-0.39, 0.29) is 18.6 Å². The maximum absolute atomic E-state index is 10.9. The molecule has 1 amide bonds. The number of ether oxygens (including phenoxy) is 2. The number of hydrogen-bond acceptors (Lipinski definition) is 3. The Morgan fingerprint density at radius 1 is 1.53 bits per heavy atom. The van der Waals surface area contributed by atoms with Crippen LogP contribution in [-0.2, 0) is 9.53 Å². The van der Waals surface area contributed by atoms with Crippen molar-refractivity contribution in [1.82, 2.24) is 5.32 Å². The van der Waals surface area contributed by atoms with Crippen molar-refractivity contribution < 1.29 is 14.3 Å². The zero-order valence-corrected chi connectivity index (χ0v) is 8.53. The molecule has 1 aliphatic rings. The third-order valence-corrected chi connectivity index (χ3v) is 2.37. The third-order valence-electron chi connectivity index (χ3n) is 2.37. The topological polar surface area (TPSA) is 47.6 Å². The van der Waals surface area contributed by atoms with Crippen LogP contribution in [0.4, 0.5) is 0 Å². The van der Waals surface area contributed by atoms with Crippen LogP contribution in [0.1, 0.15) is 11.7 Å². The minimum absolute atomic E-state index is 0.0610. The second-order valence-electron chi connectivity index (χ2n) is 3.38. The van der Waals surface area contributed by atoms with Crippen LogP contribution in [0.25, 0.3) is 0 Å². The number of hydrogen-bond donors (Lipinski definition) is 1. The highest BCUT2D eigenvalue weighted by molar-refractivity contribution is 5.77. The molecule has 1 fully saturated rings. The average molecular weight is 207 g/mol. The second kappa shape index (κ2) is 4.31. The average Bonchev–Trinajstić information content (AvgIpc) is 2.30. The zero-order chi connectivity index (χ0) is 10.7. The van der Waals surface area contributed by atoms with Gasteiger partial charge in [0.15, 0.2) is 0 Å². The van der Waals surface area contributed by atoms with E-state index in [1.54, 1.807) is 7.11 Å². The van der Waals surface area contributed by atoms with Gasteiger partial charge in [-0.3, -0.25) is 4.79 Å². The van der Waals surface area contributed by atoms with Gasteiger partial charge in [0.05, 0.1) is 7.11 Å². The molecule has 4 nitrogen and oxygen atoms in total. The van der Waals surface area contributed by atoms with E-state index in [1.807, 2.05) is 24.3 Å². The molecule has 2 rings (SSSR count). The number of carbonyl (C=O) groups excluding carboxylic acids is 1. The molecule has 1 aromatic rings. The van der Waals surface area contributed by atoms with E-state index < -0.39 is 0 Å². The minimum atomic E-state index is -0.0715. The fourth-order valence-corrected chi connectivity index (χ4v) is 1.55. The summed E-state index contributed by atoms with van der Waals surface area (Å²) in [5, 5.41) is 2.76. The van der Waals surface area contributed by atoms with E-state index in [0.717, 1.165) is 11.3 Å². The highest BCUT2D eigenvalue weighted by Crippen LogP contribution is 2.22. The van der Waals surface area contributed by atoms with Crippen molar-refractivity contribution in [2.75, 3.05) is 20.3 Å². The Bertz CT molecular complexity index is 355. The van der Waals surface area contributed by atoms with Gasteiger partial charge in [-0.05, 0) is 17.7 Å². The molecule has 80 valence electrons. The van der Waals surface area contributed by atoms with E-state index in [2.05, 4.69) is 5.32 Å². The highest BCUT2D eigenvalue weighted by atomic mass is 16.5. The number of amides is 1. The summed E-state index contributed by atoms with van der Waals surface area (Å²) >= 11 is 0. The molecule has 0 radical (unpaired) electrons. The SMILES string of the molecule is COc1cccc([C@@H]2CNC(=O)CO2)c1. The lowest BCUT2D eigenvalue weighted by molar-refractivity contribution is -0.133. The van der Waals surface area contributed by atoms with Gasteiger partial charge in [-0.15, -0.1) is 0 Å². The van der Waals surface area contributed by atoms with E-state index in [1.165, 1.54) is 0 Å². The van der Waals surface area contributed by atoms with Crippen molar-refractivity contribution in [3.63, 3.8) is 0 Å². The van der Waals surface area contributed by atoms with E-state index >= 15 is 0 Å². The standard InChI is InChI=1S/C11H13NO3/c1-14-9-4-2-3-8(5-9)10-6-12-11(13)7-15-10/h2-5,10H,6-7H2,1H3,(H,12,13)/t10-/m0/s1. The van der Waals surface area contributed by atoms with Gasteiger partial charge in [-0.1, -0.05) is 12.1 Å². The van der Waals surface area contributed by atoms with Crippen molar-refractivity contribution in [2.45, 2.75) is 6.10 Å². The molecule has 1 atom stereocenters. The molecule has 1 N–H and O–H groups in total. The first kappa shape index (κ1) is 9.98. The molecule has 1 aliphatic heterocycles. The Morgan fingerprint density at radius 3 is 3.07 bits per heavy atom. The van der Waals surface area contributed by atoms with Crippen LogP contribution in [0.2, 0.25) is 0 Å². The summed E-state index contributed by atoms with van der Waals surface area (Å²) in [6.07, 6.45) is -0.0715. The Kier molecular flexibility index (Phi) is 2.87. The van der Waals surface area contributed by atoms with Gasteiger partial charge in [0.1, 0.15) is 18.5 Å². The lowest BCUT2D eigenvalue weighted by Crippen LogP contribution is -2.38. The van der Waals surface area contributed by atoms with Gasteiger partial charge < -0.3 is 14.8 Å². The Morgan fingerprint density at radius 2 is 2.40 bits per heavy atom. The monoisotopic (exact) mass is 207 g/mol. The lowest BCUT2D eigenvalue weighted by Gasteiger charge is -2.23. The number of morpholine rings is 1. The van der Waals surface area contributed by atoms with Crippen LogP contribution in [0, 0.1) is 0 Å². The summed E-state index contributed by atoms with van der Waals surface area (Å²) in [6, 6.07) is 7.67. The van der Waals surface area contributed by atoms with Gasteiger partial charge in [-0.25, -0.2) is 0 Å². The fourth-order valence-electron chi connectivity index (χ4n) is 1.55. The molecule has 0 unspecified atom stereocenters. The van der Waals surface area contributed by atoms with Gasteiger partial charge in [-0.2, -0.15) is 0 Å². The van der Waals surface area contributed by atoms with Gasteiger partial charge >= 0.3 is 0 Å². The van der Waals surface area contributed by atoms with Crippen LogP contribution in [0.5, 0.6) is 5.75 Å². The number of rotatable bonds is 2. The molecule has 1 saturated heterocycles. The molecule has 4 heteroatoms. The summed E-state index contributed by atoms with van der Waals surface area (Å²) in [7, 11) is 1.63. The molecular weight excluding hydrogens is 194 g/mol.